The van der Waals surface area contributed by atoms with Crippen molar-refractivity contribution in [1.82, 2.24) is 0 Å². The van der Waals surface area contributed by atoms with E-state index in [0.717, 1.165) is 19.3 Å². The van der Waals surface area contributed by atoms with Crippen LogP contribution in [0.3, 0.4) is 0 Å². The van der Waals surface area contributed by atoms with Crippen molar-refractivity contribution in [3.63, 3.8) is 0 Å². The molecule has 0 saturated carbocycles. The maximum Gasteiger partial charge on any atom is 1.00 e. The summed E-state index contributed by atoms with van der Waals surface area (Å²) < 4.78 is 36.5. The number of ether oxygens (including phenoxy) is 1. The van der Waals surface area contributed by atoms with Gasteiger partial charge in [-0.05, 0) is 18.6 Å². The van der Waals surface area contributed by atoms with E-state index < -0.39 is 21.0 Å². The average molecular weight is 337 g/mol. The second-order valence-corrected chi connectivity index (χ2v) is 6.26. The molecule has 22 heavy (non-hydrogen) atoms. The summed E-state index contributed by atoms with van der Waals surface area (Å²) in [6.45, 7) is 2.40. The summed E-state index contributed by atoms with van der Waals surface area (Å²) in [4.78, 5) is 11.4. The minimum Gasteiger partial charge on any atom is -0.462 e. The van der Waals surface area contributed by atoms with Gasteiger partial charge in [-0.15, -0.1) is 0 Å². The number of carbonyl (C=O) groups excluding carboxylic acids is 1. The van der Waals surface area contributed by atoms with E-state index in [0.29, 0.717) is 0 Å². The predicted octanol–water partition coefficient (Wildman–Crippen LogP) is 0.455. The maximum atomic E-state index is 11.8. The zero-order valence-electron chi connectivity index (χ0n) is 13.2. The Kier molecular flexibility index (Phi) is 11.0. The Morgan fingerprint density at radius 1 is 1.09 bits per heavy atom. The predicted molar refractivity (Wildman–Crippen MR) is 79.9 cm³/mol. The van der Waals surface area contributed by atoms with Crippen LogP contribution in [0.25, 0.3) is 0 Å². The number of hydrogen-bond donors (Lipinski definition) is 1. The van der Waals surface area contributed by atoms with E-state index in [4.69, 9.17) is 9.29 Å². The van der Waals surface area contributed by atoms with Gasteiger partial charge < -0.3 is 4.74 Å². The molecule has 0 radical (unpaired) electrons. The van der Waals surface area contributed by atoms with E-state index in [9.17, 15) is 13.2 Å². The van der Waals surface area contributed by atoms with Crippen LogP contribution in [-0.4, -0.2) is 25.5 Å². The number of carbonyl (C=O) groups is 1. The Balaban J connectivity index is 0.00000441. The van der Waals surface area contributed by atoms with Crippen molar-refractivity contribution in [2.45, 2.75) is 50.3 Å². The van der Waals surface area contributed by atoms with Gasteiger partial charge in [-0.1, -0.05) is 51.2 Å². The van der Waals surface area contributed by atoms with E-state index in [-0.39, 0.29) is 41.7 Å². The van der Waals surface area contributed by atoms with Gasteiger partial charge in [0.25, 0.3) is 10.1 Å². The monoisotopic (exact) mass is 337 g/mol. The molecule has 1 N–H and O–H groups in total. The third-order valence-corrected chi connectivity index (χ3v) is 4.03. The van der Waals surface area contributed by atoms with Crippen LogP contribution < -0.4 is 29.6 Å². The molecule has 0 bridgehead atoms. The van der Waals surface area contributed by atoms with Crippen molar-refractivity contribution in [2.24, 2.45) is 0 Å². The Morgan fingerprint density at radius 3 is 2.32 bits per heavy atom. The fourth-order valence-electron chi connectivity index (χ4n) is 1.99. The van der Waals surface area contributed by atoms with Crippen molar-refractivity contribution >= 4 is 16.1 Å². The molecule has 0 amide bonds. The second-order valence-electron chi connectivity index (χ2n) is 4.87. The van der Waals surface area contributed by atoms with Gasteiger partial charge in [0, 0.05) is 0 Å². The molecule has 0 atom stereocenters. The number of esters is 1. The Bertz CT molecular complexity index is 557. The quantitative estimate of drug-likeness (QED) is 0.306. The van der Waals surface area contributed by atoms with Gasteiger partial charge in [0.2, 0.25) is 0 Å². The average Bonchev–Trinajstić information content (AvgIpc) is 2.45. The number of hydrogen-bond acceptors (Lipinski definition) is 4. The van der Waals surface area contributed by atoms with Crippen LogP contribution >= 0.6 is 0 Å². The number of unbranched alkanes of at least 4 members (excludes halogenated alkanes) is 5. The molecule has 0 saturated heterocycles. The van der Waals surface area contributed by atoms with Gasteiger partial charge in [0.15, 0.2) is 0 Å². The van der Waals surface area contributed by atoms with Gasteiger partial charge in [-0.2, -0.15) is 8.42 Å². The van der Waals surface area contributed by atoms with Crippen molar-refractivity contribution < 1.29 is 52.1 Å². The van der Waals surface area contributed by atoms with Gasteiger partial charge >= 0.3 is 35.5 Å². The van der Waals surface area contributed by atoms with E-state index in [1.54, 1.807) is 0 Å². The largest absolute Gasteiger partial charge is 1.00 e. The molecule has 0 spiro atoms. The van der Waals surface area contributed by atoms with Crippen LogP contribution in [0.2, 0.25) is 0 Å². The third kappa shape index (κ3) is 7.74. The van der Waals surface area contributed by atoms with E-state index in [1.165, 1.54) is 43.5 Å². The Labute approximate surface area is 154 Å². The Hall–Kier alpha value is -0.400. The third-order valence-electron chi connectivity index (χ3n) is 3.12. The van der Waals surface area contributed by atoms with Crippen molar-refractivity contribution in [3.8, 4) is 0 Å². The normalized spacial score (nSPS) is 10.8. The van der Waals surface area contributed by atoms with Crippen LogP contribution in [0.1, 0.15) is 55.8 Å². The summed E-state index contributed by atoms with van der Waals surface area (Å²) in [5, 5.41) is 0. The van der Waals surface area contributed by atoms with E-state index in [2.05, 4.69) is 6.92 Å². The molecular weight excluding hydrogens is 315 g/mol. The zero-order chi connectivity index (χ0) is 15.7. The number of benzene rings is 1. The number of rotatable bonds is 9. The van der Waals surface area contributed by atoms with Crippen LogP contribution in [0.4, 0.5) is 0 Å². The van der Waals surface area contributed by atoms with Gasteiger partial charge in [-0.3, -0.25) is 4.55 Å². The minimum absolute atomic E-state index is 0. The van der Waals surface area contributed by atoms with Crippen molar-refractivity contribution in [3.05, 3.63) is 29.8 Å². The maximum absolute atomic E-state index is 11.8. The summed E-state index contributed by atoms with van der Waals surface area (Å²) >= 11 is 0. The first-order valence-corrected chi connectivity index (χ1v) is 8.64. The second kappa shape index (κ2) is 11.2. The van der Waals surface area contributed by atoms with Crippen LogP contribution in [0, 0.1) is 0 Å². The molecule has 1 aromatic carbocycles. The molecule has 1 aromatic rings. The van der Waals surface area contributed by atoms with Crippen molar-refractivity contribution in [2.75, 3.05) is 6.61 Å². The van der Waals surface area contributed by atoms with E-state index in [1.807, 2.05) is 0 Å². The molecule has 0 fully saturated rings. The molecule has 0 unspecified atom stereocenters. The molecule has 0 aromatic heterocycles. The standard InChI is InChI=1S/C15H22O5S.Na/c1-2-3-4-5-6-9-12-20-15(16)13-10-7-8-11-14(13)21(17,18)19;/h7-8,10-11H,2-6,9,12H2,1H3,(H,17,18,19);/q;+1. The minimum atomic E-state index is -4.42. The Morgan fingerprint density at radius 2 is 1.68 bits per heavy atom. The van der Waals surface area contributed by atoms with Crippen LogP contribution in [0.5, 0.6) is 0 Å². The molecule has 0 aliphatic rings. The SMILES string of the molecule is CCCCCCCCOC(=O)c1ccccc1S(=O)(=O)O.[Na+]. The molecule has 118 valence electrons. The summed E-state index contributed by atoms with van der Waals surface area (Å²) in [7, 11) is -4.42. The van der Waals surface area contributed by atoms with Gasteiger partial charge in [0.1, 0.15) is 4.90 Å². The molecule has 0 aliphatic carbocycles. The molecule has 1 rings (SSSR count). The fourth-order valence-corrected chi connectivity index (χ4v) is 2.67. The summed E-state index contributed by atoms with van der Waals surface area (Å²) in [6, 6.07) is 5.47. The topological polar surface area (TPSA) is 80.7 Å². The first-order valence-electron chi connectivity index (χ1n) is 7.20. The smallest absolute Gasteiger partial charge is 0.462 e. The summed E-state index contributed by atoms with van der Waals surface area (Å²) in [5.41, 5.74) is -0.133. The zero-order valence-corrected chi connectivity index (χ0v) is 16.1. The first kappa shape index (κ1) is 21.6. The van der Waals surface area contributed by atoms with E-state index >= 15 is 0 Å². The summed E-state index contributed by atoms with van der Waals surface area (Å²) in [6.07, 6.45) is 6.41. The molecule has 0 aliphatic heterocycles. The van der Waals surface area contributed by atoms with Gasteiger partial charge in [0.05, 0.1) is 12.2 Å². The summed E-state index contributed by atoms with van der Waals surface area (Å²) in [5.74, 6) is -0.725. The van der Waals surface area contributed by atoms with Crippen molar-refractivity contribution in [1.29, 1.82) is 0 Å². The van der Waals surface area contributed by atoms with Gasteiger partial charge in [-0.25, -0.2) is 4.79 Å². The first-order chi connectivity index (χ1) is 9.96. The van der Waals surface area contributed by atoms with Crippen LogP contribution in [0.15, 0.2) is 29.2 Å². The van der Waals surface area contributed by atoms with Crippen LogP contribution in [-0.2, 0) is 14.9 Å². The molecular formula is C15H22NaO5S+. The molecule has 7 heteroatoms. The molecule has 5 nitrogen and oxygen atoms in total. The molecule has 0 heterocycles. The fraction of sp³-hybridized carbons (Fsp3) is 0.533.